The van der Waals surface area contributed by atoms with E-state index in [1.165, 1.54) is 17.5 Å². The zero-order valence-corrected chi connectivity index (χ0v) is 15.8. The van der Waals surface area contributed by atoms with Crippen LogP contribution in [0.15, 0.2) is 53.4 Å². The van der Waals surface area contributed by atoms with Gasteiger partial charge in [0, 0.05) is 31.9 Å². The molecule has 0 saturated carbocycles. The molecule has 0 N–H and O–H groups in total. The second-order valence-corrected chi connectivity index (χ2v) is 8.18. The van der Waals surface area contributed by atoms with Gasteiger partial charge in [-0.3, -0.25) is 0 Å². The van der Waals surface area contributed by atoms with Crippen LogP contribution in [0.5, 0.6) is 0 Å². The van der Waals surface area contributed by atoms with Gasteiger partial charge in [-0.15, -0.1) is 0 Å². The van der Waals surface area contributed by atoms with Gasteiger partial charge in [-0.1, -0.05) is 29.8 Å². The summed E-state index contributed by atoms with van der Waals surface area (Å²) in [4.78, 5) is 13.9. The van der Waals surface area contributed by atoms with E-state index < -0.39 is 16.0 Å². The van der Waals surface area contributed by atoms with E-state index >= 15 is 0 Å². The highest BCUT2D eigenvalue weighted by atomic mass is 35.5. The quantitative estimate of drug-likeness (QED) is 0.746. The third-order valence-corrected chi connectivity index (χ3v) is 6.72. The molecule has 2 aromatic rings. The van der Waals surface area contributed by atoms with E-state index in [1.807, 2.05) is 11.0 Å². The Hall–Kier alpha value is -2.09. The lowest BCUT2D eigenvalue weighted by Gasteiger charge is -2.35. The molecule has 138 valence electrons. The molecule has 26 heavy (non-hydrogen) atoms. The second-order valence-electron chi connectivity index (χ2n) is 5.86. The number of hydrogen-bond donors (Lipinski definition) is 0. The summed E-state index contributed by atoms with van der Waals surface area (Å²) in [5.41, 5.74) is 1.33. The molecule has 0 aliphatic carbocycles. The predicted octanol–water partition coefficient (Wildman–Crippen LogP) is 2.64. The summed E-state index contributed by atoms with van der Waals surface area (Å²) in [5, 5.41) is 0.223. The number of piperazine rings is 1. The van der Waals surface area contributed by atoms with Crippen molar-refractivity contribution in [3.05, 3.63) is 59.1 Å². The van der Waals surface area contributed by atoms with Crippen molar-refractivity contribution in [1.82, 2.24) is 4.31 Å². The number of nitrogens with zero attached hydrogens (tertiary/aromatic N) is 2. The molecule has 0 bridgehead atoms. The van der Waals surface area contributed by atoms with Crippen LogP contribution < -0.4 is 4.90 Å². The fraction of sp³-hybridized carbons (Fsp3) is 0.278. The Morgan fingerprint density at radius 1 is 1.04 bits per heavy atom. The van der Waals surface area contributed by atoms with Gasteiger partial charge in [-0.05, 0) is 30.3 Å². The maximum atomic E-state index is 12.8. The normalized spacial score (nSPS) is 15.7. The Balaban J connectivity index is 1.74. The number of methoxy groups -OCH3 is 1. The van der Waals surface area contributed by atoms with Gasteiger partial charge in [0.25, 0.3) is 0 Å². The highest BCUT2D eigenvalue weighted by Gasteiger charge is 2.30. The van der Waals surface area contributed by atoms with Gasteiger partial charge in [-0.2, -0.15) is 4.31 Å². The van der Waals surface area contributed by atoms with Crippen LogP contribution >= 0.6 is 11.6 Å². The predicted molar refractivity (Wildman–Crippen MR) is 100 cm³/mol. The summed E-state index contributed by atoms with van der Waals surface area (Å²) in [7, 11) is -2.28. The molecule has 6 nitrogen and oxygen atoms in total. The van der Waals surface area contributed by atoms with Crippen molar-refractivity contribution in [3.63, 3.8) is 0 Å². The van der Waals surface area contributed by atoms with E-state index in [0.717, 1.165) is 5.69 Å². The average molecular weight is 395 g/mol. The van der Waals surface area contributed by atoms with Crippen LogP contribution in [0.3, 0.4) is 0 Å². The van der Waals surface area contributed by atoms with Crippen molar-refractivity contribution in [2.75, 3.05) is 38.2 Å². The van der Waals surface area contributed by atoms with E-state index in [2.05, 4.69) is 0 Å². The number of ether oxygens (including phenoxy) is 1. The lowest BCUT2D eigenvalue weighted by atomic mass is 10.2. The first-order valence-electron chi connectivity index (χ1n) is 8.11. The van der Waals surface area contributed by atoms with Crippen LogP contribution in [0.4, 0.5) is 5.69 Å². The monoisotopic (exact) mass is 394 g/mol. The zero-order chi connectivity index (χ0) is 18.7. The fourth-order valence-corrected chi connectivity index (χ4v) is 4.84. The Labute approximate surface area is 158 Å². The summed E-state index contributed by atoms with van der Waals surface area (Å²) >= 11 is 6.05. The number of anilines is 1. The summed E-state index contributed by atoms with van der Waals surface area (Å²) < 4.78 is 31.8. The lowest BCUT2D eigenvalue weighted by Crippen LogP contribution is -2.48. The summed E-state index contributed by atoms with van der Waals surface area (Å²) in [5.74, 6) is -0.396. The first-order valence-corrected chi connectivity index (χ1v) is 9.93. The molecular formula is C18H19ClN2O4S. The van der Waals surface area contributed by atoms with Crippen molar-refractivity contribution in [3.8, 4) is 0 Å². The van der Waals surface area contributed by atoms with Crippen molar-refractivity contribution < 1.29 is 17.9 Å². The van der Waals surface area contributed by atoms with E-state index in [1.54, 1.807) is 36.4 Å². The summed E-state index contributed by atoms with van der Waals surface area (Å²) in [6, 6.07) is 13.6. The van der Waals surface area contributed by atoms with Crippen LogP contribution in [0, 0.1) is 0 Å². The molecule has 1 heterocycles. The minimum atomic E-state index is -3.62. The van der Waals surface area contributed by atoms with Gasteiger partial charge >= 0.3 is 5.97 Å². The Morgan fingerprint density at radius 3 is 2.38 bits per heavy atom. The molecule has 2 aromatic carbocycles. The molecule has 3 rings (SSSR count). The molecular weight excluding hydrogens is 376 g/mol. The van der Waals surface area contributed by atoms with Crippen molar-refractivity contribution in [2.45, 2.75) is 4.90 Å². The van der Waals surface area contributed by atoms with E-state index in [0.29, 0.717) is 31.7 Å². The number of rotatable bonds is 4. The van der Waals surface area contributed by atoms with E-state index in [4.69, 9.17) is 16.3 Å². The molecule has 0 aromatic heterocycles. The molecule has 0 unspecified atom stereocenters. The largest absolute Gasteiger partial charge is 0.465 e. The van der Waals surface area contributed by atoms with Crippen LogP contribution in [0.1, 0.15) is 10.4 Å². The van der Waals surface area contributed by atoms with E-state index in [9.17, 15) is 13.2 Å². The fourth-order valence-electron chi connectivity index (χ4n) is 2.93. The second kappa shape index (κ2) is 7.65. The smallest absolute Gasteiger partial charge is 0.337 e. The van der Waals surface area contributed by atoms with E-state index in [-0.39, 0.29) is 9.92 Å². The number of carbonyl (C=O) groups is 1. The van der Waals surface area contributed by atoms with Crippen LogP contribution in [-0.4, -0.2) is 52.0 Å². The third kappa shape index (κ3) is 3.70. The Bertz CT molecular complexity index is 909. The first-order chi connectivity index (χ1) is 12.4. The van der Waals surface area contributed by atoms with Gasteiger partial charge in [0.05, 0.1) is 17.7 Å². The molecule has 0 atom stereocenters. The minimum absolute atomic E-state index is 0.128. The SMILES string of the molecule is COC(=O)c1cccc(N2CCN(S(=O)(=O)c3ccccc3Cl)CC2)c1. The van der Waals surface area contributed by atoms with Crippen LogP contribution in [0.25, 0.3) is 0 Å². The van der Waals surface area contributed by atoms with Crippen LogP contribution in [0.2, 0.25) is 5.02 Å². The Kier molecular flexibility index (Phi) is 5.50. The number of hydrogen-bond acceptors (Lipinski definition) is 5. The average Bonchev–Trinajstić information content (AvgIpc) is 2.67. The molecule has 1 aliphatic heterocycles. The van der Waals surface area contributed by atoms with Gasteiger partial charge in [0.2, 0.25) is 10.0 Å². The first kappa shape index (κ1) is 18.7. The highest BCUT2D eigenvalue weighted by Crippen LogP contribution is 2.26. The minimum Gasteiger partial charge on any atom is -0.465 e. The standard InChI is InChI=1S/C18H19ClN2O4S/c1-25-18(22)14-5-4-6-15(13-14)20-9-11-21(12-10-20)26(23,24)17-8-3-2-7-16(17)19/h2-8,13H,9-12H2,1H3. The Morgan fingerprint density at radius 2 is 1.73 bits per heavy atom. The van der Waals surface area contributed by atoms with Crippen LogP contribution in [-0.2, 0) is 14.8 Å². The molecule has 0 radical (unpaired) electrons. The zero-order valence-electron chi connectivity index (χ0n) is 14.3. The van der Waals surface area contributed by atoms with Crippen molar-refractivity contribution in [1.29, 1.82) is 0 Å². The summed E-state index contributed by atoms with van der Waals surface area (Å²) in [6.45, 7) is 1.73. The van der Waals surface area contributed by atoms with Crippen molar-refractivity contribution >= 4 is 33.3 Å². The van der Waals surface area contributed by atoms with Crippen molar-refractivity contribution in [2.24, 2.45) is 0 Å². The maximum absolute atomic E-state index is 12.8. The molecule has 0 amide bonds. The number of esters is 1. The topological polar surface area (TPSA) is 66.9 Å². The lowest BCUT2D eigenvalue weighted by molar-refractivity contribution is 0.0600. The van der Waals surface area contributed by atoms with Gasteiger partial charge in [-0.25, -0.2) is 13.2 Å². The molecule has 1 aliphatic rings. The van der Waals surface area contributed by atoms with Gasteiger partial charge < -0.3 is 9.64 Å². The summed E-state index contributed by atoms with van der Waals surface area (Å²) in [6.07, 6.45) is 0. The molecule has 0 spiro atoms. The highest BCUT2D eigenvalue weighted by molar-refractivity contribution is 7.89. The molecule has 8 heteroatoms. The molecule has 1 saturated heterocycles. The van der Waals surface area contributed by atoms with Gasteiger partial charge in [0.15, 0.2) is 0 Å². The number of benzene rings is 2. The number of halogens is 1. The number of sulfonamides is 1. The maximum Gasteiger partial charge on any atom is 0.337 e. The van der Waals surface area contributed by atoms with Gasteiger partial charge in [0.1, 0.15) is 4.90 Å². The molecule has 1 fully saturated rings. The number of carbonyl (C=O) groups excluding carboxylic acids is 1. The third-order valence-electron chi connectivity index (χ3n) is 4.33.